The van der Waals surface area contributed by atoms with Crippen LogP contribution in [0.2, 0.25) is 0 Å². The van der Waals surface area contributed by atoms with E-state index in [-0.39, 0.29) is 12.2 Å². The quantitative estimate of drug-likeness (QED) is 0.823. The molecule has 0 aliphatic rings. The number of aliphatic carboxylic acids is 1. The first-order chi connectivity index (χ1) is 8.97. The maximum atomic E-state index is 12.0. The molecule has 2 rings (SSSR count). The minimum atomic E-state index is -1.06. The summed E-state index contributed by atoms with van der Waals surface area (Å²) in [4.78, 5) is 22.7. The molecular formula is C11H13N5O3. The van der Waals surface area contributed by atoms with E-state index in [0.29, 0.717) is 11.4 Å². The molecule has 0 saturated carbocycles. The Morgan fingerprint density at radius 3 is 2.79 bits per heavy atom. The van der Waals surface area contributed by atoms with Crippen molar-refractivity contribution in [2.45, 2.75) is 13.5 Å². The number of hydrogen-bond donors (Lipinski definition) is 2. The maximum absolute atomic E-state index is 12.0. The second kappa shape index (κ2) is 4.92. The zero-order chi connectivity index (χ0) is 14.0. The van der Waals surface area contributed by atoms with Crippen molar-refractivity contribution < 1.29 is 14.7 Å². The third-order valence-corrected chi connectivity index (χ3v) is 2.50. The second-order valence-corrected chi connectivity index (χ2v) is 4.02. The van der Waals surface area contributed by atoms with Gasteiger partial charge < -0.3 is 10.4 Å². The van der Waals surface area contributed by atoms with E-state index < -0.39 is 11.9 Å². The van der Waals surface area contributed by atoms with E-state index in [4.69, 9.17) is 5.11 Å². The van der Waals surface area contributed by atoms with Crippen molar-refractivity contribution in [2.75, 3.05) is 5.32 Å². The minimum Gasteiger partial charge on any atom is -0.480 e. The van der Waals surface area contributed by atoms with Gasteiger partial charge in [-0.1, -0.05) is 0 Å². The van der Waals surface area contributed by atoms with E-state index in [0.717, 1.165) is 4.68 Å². The molecule has 19 heavy (non-hydrogen) atoms. The predicted octanol–water partition coefficient (Wildman–Crippen LogP) is 0.262. The summed E-state index contributed by atoms with van der Waals surface area (Å²) in [5.41, 5.74) is 1.45. The fourth-order valence-electron chi connectivity index (χ4n) is 1.69. The molecule has 100 valence electrons. The van der Waals surface area contributed by atoms with E-state index in [1.807, 2.05) is 0 Å². The van der Waals surface area contributed by atoms with E-state index in [1.165, 1.54) is 12.3 Å². The normalized spacial score (nSPS) is 10.4. The van der Waals surface area contributed by atoms with Crippen LogP contribution in [0.3, 0.4) is 0 Å². The number of carbonyl (C=O) groups excluding carboxylic acids is 1. The lowest BCUT2D eigenvalue weighted by molar-refractivity contribution is -0.137. The first-order valence-corrected chi connectivity index (χ1v) is 5.52. The molecule has 0 unspecified atom stereocenters. The van der Waals surface area contributed by atoms with E-state index in [1.54, 1.807) is 24.9 Å². The number of nitrogens with one attached hydrogen (secondary N) is 1. The number of anilines is 1. The SMILES string of the molecule is Cc1nn(C)cc1NC(=O)c1ccnn1CC(=O)O. The second-order valence-electron chi connectivity index (χ2n) is 4.02. The monoisotopic (exact) mass is 263 g/mol. The predicted molar refractivity (Wildman–Crippen MR) is 65.8 cm³/mol. The maximum Gasteiger partial charge on any atom is 0.325 e. The van der Waals surface area contributed by atoms with Crippen molar-refractivity contribution in [3.63, 3.8) is 0 Å². The summed E-state index contributed by atoms with van der Waals surface area (Å²) in [7, 11) is 1.75. The largest absolute Gasteiger partial charge is 0.480 e. The number of amides is 1. The van der Waals surface area contributed by atoms with Gasteiger partial charge in [-0.05, 0) is 13.0 Å². The average molecular weight is 263 g/mol. The van der Waals surface area contributed by atoms with Crippen LogP contribution in [0, 0.1) is 6.92 Å². The fraction of sp³-hybridized carbons (Fsp3) is 0.273. The Labute approximate surface area is 108 Å². The van der Waals surface area contributed by atoms with Gasteiger partial charge in [0.05, 0.1) is 11.4 Å². The topological polar surface area (TPSA) is 102 Å². The lowest BCUT2D eigenvalue weighted by Gasteiger charge is -2.05. The molecule has 0 spiro atoms. The van der Waals surface area contributed by atoms with Gasteiger partial charge in [0.25, 0.3) is 5.91 Å². The molecule has 1 amide bonds. The number of rotatable bonds is 4. The minimum absolute atomic E-state index is 0.186. The van der Waals surface area contributed by atoms with Crippen molar-refractivity contribution in [2.24, 2.45) is 7.05 Å². The molecule has 0 aliphatic heterocycles. The molecular weight excluding hydrogens is 250 g/mol. The van der Waals surface area contributed by atoms with Crippen molar-refractivity contribution in [1.29, 1.82) is 0 Å². The highest BCUT2D eigenvalue weighted by Crippen LogP contribution is 2.13. The highest BCUT2D eigenvalue weighted by molar-refractivity contribution is 6.03. The van der Waals surface area contributed by atoms with E-state index in [2.05, 4.69) is 15.5 Å². The van der Waals surface area contributed by atoms with Crippen LogP contribution in [0.1, 0.15) is 16.2 Å². The first kappa shape index (κ1) is 12.8. The molecule has 0 bridgehead atoms. The summed E-state index contributed by atoms with van der Waals surface area (Å²) in [5.74, 6) is -1.48. The molecule has 8 nitrogen and oxygen atoms in total. The Kier molecular flexibility index (Phi) is 3.32. The number of carboxylic acids is 1. The van der Waals surface area contributed by atoms with Gasteiger partial charge in [0.15, 0.2) is 0 Å². The van der Waals surface area contributed by atoms with Crippen LogP contribution < -0.4 is 5.32 Å². The highest BCUT2D eigenvalue weighted by atomic mass is 16.4. The molecule has 2 heterocycles. The van der Waals surface area contributed by atoms with Crippen LogP contribution in [0.25, 0.3) is 0 Å². The standard InChI is InChI=1S/C11H13N5O3/c1-7-8(5-15(2)14-7)13-11(19)9-3-4-12-16(9)6-10(17)18/h3-5H,6H2,1-2H3,(H,13,19)(H,17,18). The molecule has 0 aromatic carbocycles. The lowest BCUT2D eigenvalue weighted by atomic mass is 10.3. The van der Waals surface area contributed by atoms with Crippen molar-refractivity contribution in [1.82, 2.24) is 19.6 Å². The Hall–Kier alpha value is -2.64. The third kappa shape index (κ3) is 2.79. The number of carbonyl (C=O) groups is 2. The van der Waals surface area contributed by atoms with Gasteiger partial charge in [-0.15, -0.1) is 0 Å². The molecule has 0 saturated heterocycles. The Morgan fingerprint density at radius 1 is 1.47 bits per heavy atom. The summed E-state index contributed by atoms with van der Waals surface area (Å²) in [6.45, 7) is 1.41. The zero-order valence-corrected chi connectivity index (χ0v) is 10.5. The molecule has 2 aromatic heterocycles. The number of hydrogen-bond acceptors (Lipinski definition) is 4. The van der Waals surface area contributed by atoms with E-state index in [9.17, 15) is 9.59 Å². The average Bonchev–Trinajstić information content (AvgIpc) is 2.85. The third-order valence-electron chi connectivity index (χ3n) is 2.50. The summed E-state index contributed by atoms with van der Waals surface area (Å²) >= 11 is 0. The number of aryl methyl sites for hydroxylation is 2. The van der Waals surface area contributed by atoms with E-state index >= 15 is 0 Å². The van der Waals surface area contributed by atoms with Crippen LogP contribution in [0.5, 0.6) is 0 Å². The number of aromatic nitrogens is 4. The smallest absolute Gasteiger partial charge is 0.325 e. The van der Waals surface area contributed by atoms with Crippen LogP contribution in [0.15, 0.2) is 18.5 Å². The highest BCUT2D eigenvalue weighted by Gasteiger charge is 2.15. The summed E-state index contributed by atoms with van der Waals surface area (Å²) in [6.07, 6.45) is 3.05. The molecule has 0 aliphatic carbocycles. The van der Waals surface area contributed by atoms with Crippen molar-refractivity contribution >= 4 is 17.6 Å². The molecule has 2 aromatic rings. The van der Waals surface area contributed by atoms with Gasteiger partial charge in [-0.25, -0.2) is 4.68 Å². The lowest BCUT2D eigenvalue weighted by Crippen LogP contribution is -2.20. The van der Waals surface area contributed by atoms with Gasteiger partial charge in [-0.3, -0.25) is 14.3 Å². The van der Waals surface area contributed by atoms with Gasteiger partial charge in [0.1, 0.15) is 12.2 Å². The summed E-state index contributed by atoms with van der Waals surface area (Å²) in [5, 5.41) is 19.3. The van der Waals surface area contributed by atoms with Gasteiger partial charge in [0, 0.05) is 19.4 Å². The van der Waals surface area contributed by atoms with Crippen molar-refractivity contribution in [3.8, 4) is 0 Å². The molecule has 2 N–H and O–H groups in total. The molecule has 0 atom stereocenters. The van der Waals surface area contributed by atoms with Crippen LogP contribution in [0.4, 0.5) is 5.69 Å². The van der Waals surface area contributed by atoms with Gasteiger partial charge in [-0.2, -0.15) is 10.2 Å². The summed E-state index contributed by atoms with van der Waals surface area (Å²) in [6, 6.07) is 1.46. The molecule has 0 radical (unpaired) electrons. The zero-order valence-electron chi connectivity index (χ0n) is 10.5. The van der Waals surface area contributed by atoms with Gasteiger partial charge >= 0.3 is 5.97 Å². The van der Waals surface area contributed by atoms with Crippen LogP contribution in [-0.2, 0) is 18.4 Å². The first-order valence-electron chi connectivity index (χ1n) is 5.52. The molecule has 0 fully saturated rings. The summed E-state index contributed by atoms with van der Waals surface area (Å²) < 4.78 is 2.71. The number of nitrogens with zero attached hydrogens (tertiary/aromatic N) is 4. The molecule has 8 heteroatoms. The Bertz CT molecular complexity index is 628. The van der Waals surface area contributed by atoms with Gasteiger partial charge in [0.2, 0.25) is 0 Å². The van der Waals surface area contributed by atoms with Crippen LogP contribution in [-0.4, -0.2) is 36.5 Å². The number of carboxylic acid groups (broad SMARTS) is 1. The fourth-order valence-corrected chi connectivity index (χ4v) is 1.69. The Balaban J connectivity index is 2.18. The van der Waals surface area contributed by atoms with Crippen LogP contribution >= 0.6 is 0 Å². The van der Waals surface area contributed by atoms with Crippen molar-refractivity contribution in [3.05, 3.63) is 29.8 Å². The Morgan fingerprint density at radius 2 is 2.21 bits per heavy atom.